The minimum absolute atomic E-state index is 0.0496. The van der Waals surface area contributed by atoms with Crippen LogP contribution in [0.4, 0.5) is 9.52 Å². The van der Waals surface area contributed by atoms with Crippen LogP contribution < -0.4 is 10.2 Å². The number of halogens is 1. The zero-order valence-corrected chi connectivity index (χ0v) is 15.8. The maximum Gasteiger partial charge on any atom is 0.224 e. The molecule has 1 saturated heterocycles. The molecule has 140 valence electrons. The molecule has 0 radical (unpaired) electrons. The molecule has 1 aromatic heterocycles. The molecule has 1 N–H and O–H groups in total. The predicted octanol–water partition coefficient (Wildman–Crippen LogP) is 4.01. The zero-order chi connectivity index (χ0) is 18.6. The van der Waals surface area contributed by atoms with Crippen molar-refractivity contribution in [1.82, 2.24) is 10.3 Å². The average molecular weight is 383 g/mol. The molecule has 2 heterocycles. The molecule has 1 aliphatic rings. The molecule has 1 amide bonds. The highest BCUT2D eigenvalue weighted by Gasteiger charge is 2.27. The fourth-order valence-electron chi connectivity index (χ4n) is 3.52. The Morgan fingerprint density at radius 1 is 1.22 bits per heavy atom. The number of aromatic nitrogens is 1. The second-order valence-corrected chi connectivity index (χ2v) is 7.90. The third-order valence-corrected chi connectivity index (χ3v) is 6.06. The van der Waals surface area contributed by atoms with Gasteiger partial charge < -0.3 is 10.2 Å². The highest BCUT2D eigenvalue weighted by Crippen LogP contribution is 2.32. The molecule has 0 saturated carbocycles. The third kappa shape index (κ3) is 4.11. The first-order valence-corrected chi connectivity index (χ1v) is 10.1. The van der Waals surface area contributed by atoms with E-state index in [1.165, 1.54) is 23.0 Å². The third-order valence-electron chi connectivity index (χ3n) is 4.98. The molecule has 0 bridgehead atoms. The van der Waals surface area contributed by atoms with Crippen LogP contribution in [0.15, 0.2) is 48.5 Å². The largest absolute Gasteiger partial charge is 0.355 e. The summed E-state index contributed by atoms with van der Waals surface area (Å²) in [5.41, 5.74) is 1.64. The molecule has 4 rings (SSSR count). The SMILES string of the molecule is O=C(NCCc1ccccc1)C1CCCN(c2nc3c(F)cccc3s2)C1. The minimum Gasteiger partial charge on any atom is -0.355 e. The smallest absolute Gasteiger partial charge is 0.224 e. The van der Waals surface area contributed by atoms with Gasteiger partial charge in [0.2, 0.25) is 5.91 Å². The van der Waals surface area contributed by atoms with E-state index in [-0.39, 0.29) is 17.6 Å². The number of piperidine rings is 1. The van der Waals surface area contributed by atoms with E-state index in [0.717, 1.165) is 35.6 Å². The van der Waals surface area contributed by atoms with Gasteiger partial charge in [0.1, 0.15) is 11.3 Å². The molecule has 0 aliphatic carbocycles. The van der Waals surface area contributed by atoms with Gasteiger partial charge in [0.15, 0.2) is 5.13 Å². The summed E-state index contributed by atoms with van der Waals surface area (Å²) in [5.74, 6) is -0.239. The van der Waals surface area contributed by atoms with E-state index in [4.69, 9.17) is 0 Å². The zero-order valence-electron chi connectivity index (χ0n) is 15.0. The maximum absolute atomic E-state index is 13.9. The molecule has 1 fully saturated rings. The highest BCUT2D eigenvalue weighted by atomic mass is 32.1. The van der Waals surface area contributed by atoms with Gasteiger partial charge >= 0.3 is 0 Å². The van der Waals surface area contributed by atoms with Gasteiger partial charge in [-0.3, -0.25) is 4.79 Å². The first-order valence-electron chi connectivity index (χ1n) is 9.32. The number of benzene rings is 2. The molecule has 0 spiro atoms. The quantitative estimate of drug-likeness (QED) is 0.724. The number of carbonyl (C=O) groups is 1. The first kappa shape index (κ1) is 17.9. The summed E-state index contributed by atoms with van der Waals surface area (Å²) < 4.78 is 14.8. The number of thiazole rings is 1. The van der Waals surface area contributed by atoms with Crippen LogP contribution in [0.25, 0.3) is 10.2 Å². The Labute approximate surface area is 162 Å². The molecule has 6 heteroatoms. The van der Waals surface area contributed by atoms with Crippen molar-refractivity contribution in [2.75, 3.05) is 24.5 Å². The Morgan fingerprint density at radius 2 is 2.07 bits per heavy atom. The molecule has 1 atom stereocenters. The van der Waals surface area contributed by atoms with Crippen molar-refractivity contribution >= 4 is 32.6 Å². The van der Waals surface area contributed by atoms with Crippen molar-refractivity contribution in [1.29, 1.82) is 0 Å². The van der Waals surface area contributed by atoms with Gasteiger partial charge in [0.05, 0.1) is 10.6 Å². The van der Waals surface area contributed by atoms with Crippen molar-refractivity contribution in [3.8, 4) is 0 Å². The van der Waals surface area contributed by atoms with Gasteiger partial charge in [-0.25, -0.2) is 9.37 Å². The lowest BCUT2D eigenvalue weighted by molar-refractivity contribution is -0.125. The summed E-state index contributed by atoms with van der Waals surface area (Å²) in [4.78, 5) is 19.2. The normalized spacial score (nSPS) is 17.2. The Morgan fingerprint density at radius 3 is 2.89 bits per heavy atom. The van der Waals surface area contributed by atoms with Crippen molar-refractivity contribution < 1.29 is 9.18 Å². The van der Waals surface area contributed by atoms with E-state index in [9.17, 15) is 9.18 Å². The van der Waals surface area contributed by atoms with Crippen molar-refractivity contribution in [3.05, 3.63) is 59.9 Å². The number of hydrogen-bond acceptors (Lipinski definition) is 4. The van der Waals surface area contributed by atoms with Crippen LogP contribution >= 0.6 is 11.3 Å². The van der Waals surface area contributed by atoms with E-state index in [1.807, 2.05) is 24.3 Å². The van der Waals surface area contributed by atoms with Gasteiger partial charge in [0, 0.05) is 19.6 Å². The van der Waals surface area contributed by atoms with Gasteiger partial charge in [-0.1, -0.05) is 47.7 Å². The predicted molar refractivity (Wildman–Crippen MR) is 108 cm³/mol. The van der Waals surface area contributed by atoms with E-state index >= 15 is 0 Å². The lowest BCUT2D eigenvalue weighted by Crippen LogP contribution is -2.43. The van der Waals surface area contributed by atoms with Crippen LogP contribution in [0.2, 0.25) is 0 Å². The van der Waals surface area contributed by atoms with E-state index in [2.05, 4.69) is 27.3 Å². The summed E-state index contributed by atoms with van der Waals surface area (Å²) in [7, 11) is 0. The summed E-state index contributed by atoms with van der Waals surface area (Å²) in [5, 5.41) is 3.87. The highest BCUT2D eigenvalue weighted by molar-refractivity contribution is 7.22. The van der Waals surface area contributed by atoms with Crippen LogP contribution in [0.3, 0.4) is 0 Å². The van der Waals surface area contributed by atoms with Crippen LogP contribution in [-0.2, 0) is 11.2 Å². The molecule has 1 aliphatic heterocycles. The number of hydrogen-bond donors (Lipinski definition) is 1. The Kier molecular flexibility index (Phi) is 5.34. The topological polar surface area (TPSA) is 45.2 Å². The molecular weight excluding hydrogens is 361 g/mol. The van der Waals surface area contributed by atoms with Gasteiger partial charge in [0.25, 0.3) is 0 Å². The monoisotopic (exact) mass is 383 g/mol. The van der Waals surface area contributed by atoms with E-state index in [0.29, 0.717) is 18.6 Å². The van der Waals surface area contributed by atoms with Crippen molar-refractivity contribution in [3.63, 3.8) is 0 Å². The van der Waals surface area contributed by atoms with Crippen molar-refractivity contribution in [2.45, 2.75) is 19.3 Å². The number of nitrogens with one attached hydrogen (secondary N) is 1. The second-order valence-electron chi connectivity index (χ2n) is 6.89. The minimum atomic E-state index is -0.290. The maximum atomic E-state index is 13.9. The van der Waals surface area contributed by atoms with Gasteiger partial charge in [-0.15, -0.1) is 0 Å². The Hall–Kier alpha value is -2.47. The number of fused-ring (bicyclic) bond motifs is 1. The summed E-state index contributed by atoms with van der Waals surface area (Å²) in [6, 6.07) is 15.2. The van der Waals surface area contributed by atoms with Gasteiger partial charge in [-0.2, -0.15) is 0 Å². The second kappa shape index (κ2) is 8.05. The van der Waals surface area contributed by atoms with Crippen LogP contribution in [0.5, 0.6) is 0 Å². The van der Waals surface area contributed by atoms with E-state index < -0.39 is 0 Å². The first-order chi connectivity index (χ1) is 13.2. The molecule has 1 unspecified atom stereocenters. The number of rotatable bonds is 5. The number of para-hydroxylation sites is 1. The fraction of sp³-hybridized carbons (Fsp3) is 0.333. The van der Waals surface area contributed by atoms with Gasteiger partial charge in [-0.05, 0) is 37.0 Å². The summed E-state index contributed by atoms with van der Waals surface area (Å²) in [6.45, 7) is 2.14. The average Bonchev–Trinajstić information content (AvgIpc) is 3.15. The summed E-state index contributed by atoms with van der Waals surface area (Å²) in [6.07, 6.45) is 2.66. The molecule has 4 nitrogen and oxygen atoms in total. The van der Waals surface area contributed by atoms with Crippen LogP contribution in [0.1, 0.15) is 18.4 Å². The van der Waals surface area contributed by atoms with Crippen LogP contribution in [0, 0.1) is 11.7 Å². The number of anilines is 1. The lowest BCUT2D eigenvalue weighted by atomic mass is 9.97. The molecule has 3 aromatic rings. The Balaban J connectivity index is 1.37. The lowest BCUT2D eigenvalue weighted by Gasteiger charge is -2.31. The Bertz CT molecular complexity index is 928. The van der Waals surface area contributed by atoms with E-state index in [1.54, 1.807) is 6.07 Å². The molecular formula is C21H22FN3OS. The standard InChI is InChI=1S/C21H22FN3OS/c22-17-9-4-10-18-19(17)24-21(27-18)25-13-5-8-16(14-25)20(26)23-12-11-15-6-2-1-3-7-15/h1-4,6-7,9-10,16H,5,8,11-14H2,(H,23,26). The number of carbonyl (C=O) groups excluding carboxylic acids is 1. The van der Waals surface area contributed by atoms with Crippen molar-refractivity contribution in [2.24, 2.45) is 5.92 Å². The molecule has 27 heavy (non-hydrogen) atoms. The number of amides is 1. The fourth-order valence-corrected chi connectivity index (χ4v) is 4.54. The summed E-state index contributed by atoms with van der Waals surface area (Å²) >= 11 is 1.49. The molecule has 2 aromatic carbocycles. The number of nitrogens with zero attached hydrogens (tertiary/aromatic N) is 2. The van der Waals surface area contributed by atoms with Crippen LogP contribution in [-0.4, -0.2) is 30.5 Å².